The number of nitrogens with one attached hydrogen (secondary N) is 1. The van der Waals surface area contributed by atoms with E-state index in [0.29, 0.717) is 23.4 Å². The van der Waals surface area contributed by atoms with Crippen LogP contribution in [0.15, 0.2) is 18.3 Å². The molecule has 1 saturated carbocycles. The fourth-order valence-corrected chi connectivity index (χ4v) is 3.54. The van der Waals surface area contributed by atoms with Gasteiger partial charge in [0, 0.05) is 24.8 Å². The van der Waals surface area contributed by atoms with Gasteiger partial charge < -0.3 is 11.1 Å². The third-order valence-corrected chi connectivity index (χ3v) is 4.42. The van der Waals surface area contributed by atoms with Crippen LogP contribution in [0.2, 0.25) is 0 Å². The maximum atomic E-state index is 12.3. The van der Waals surface area contributed by atoms with Crippen molar-refractivity contribution in [1.29, 1.82) is 0 Å². The number of nitrogens with two attached hydrogens (primary N) is 1. The number of carbonyl (C=O) groups excluding carboxylic acids is 1. The van der Waals surface area contributed by atoms with Crippen LogP contribution in [-0.2, 0) is 6.54 Å². The van der Waals surface area contributed by atoms with Gasteiger partial charge in [0.25, 0.3) is 5.91 Å². The summed E-state index contributed by atoms with van der Waals surface area (Å²) < 4.78 is 0. The second-order valence-electron chi connectivity index (χ2n) is 6.73. The fourth-order valence-electron chi connectivity index (χ4n) is 3.54. The molecule has 1 aromatic heterocycles. The summed E-state index contributed by atoms with van der Waals surface area (Å²) in [5, 5.41) is 3.13. The minimum absolute atomic E-state index is 0.0119. The van der Waals surface area contributed by atoms with Crippen molar-refractivity contribution in [3.63, 3.8) is 0 Å². The van der Waals surface area contributed by atoms with Gasteiger partial charge in [0.15, 0.2) is 0 Å². The lowest BCUT2D eigenvalue weighted by atomic mass is 9.78. The zero-order valence-corrected chi connectivity index (χ0v) is 13.2. The molecule has 4 nitrogen and oxygen atoms in total. The van der Waals surface area contributed by atoms with E-state index in [2.05, 4.69) is 24.1 Å². The van der Waals surface area contributed by atoms with Crippen LogP contribution in [0.5, 0.6) is 0 Å². The minimum Gasteiger partial charge on any atom is -0.351 e. The molecule has 2 rings (SSSR count). The maximum Gasteiger partial charge on any atom is 0.251 e. The van der Waals surface area contributed by atoms with E-state index in [1.807, 2.05) is 0 Å². The Morgan fingerprint density at radius 2 is 2.14 bits per heavy atom. The summed E-state index contributed by atoms with van der Waals surface area (Å²) in [7, 11) is 0. The van der Waals surface area contributed by atoms with Crippen molar-refractivity contribution in [2.45, 2.75) is 52.5 Å². The molecule has 0 saturated heterocycles. The lowest BCUT2D eigenvalue weighted by Crippen LogP contribution is -2.37. The summed E-state index contributed by atoms with van der Waals surface area (Å²) in [5.41, 5.74) is 7.28. The van der Waals surface area contributed by atoms with E-state index in [0.717, 1.165) is 12.2 Å². The molecule has 21 heavy (non-hydrogen) atoms. The first-order valence-electron chi connectivity index (χ1n) is 7.98. The number of hydrogen-bond acceptors (Lipinski definition) is 3. The second-order valence-corrected chi connectivity index (χ2v) is 6.73. The Bertz CT molecular complexity index is 479. The number of pyridine rings is 1. The third-order valence-electron chi connectivity index (χ3n) is 4.42. The first kappa shape index (κ1) is 16.0. The van der Waals surface area contributed by atoms with Gasteiger partial charge in [-0.15, -0.1) is 0 Å². The summed E-state index contributed by atoms with van der Waals surface area (Å²) in [4.78, 5) is 16.4. The van der Waals surface area contributed by atoms with Crippen molar-refractivity contribution < 1.29 is 4.79 Å². The summed E-state index contributed by atoms with van der Waals surface area (Å²) in [6.07, 6.45) is 7.88. The van der Waals surface area contributed by atoms with Gasteiger partial charge in [-0.05, 0) is 42.7 Å². The highest BCUT2D eigenvalue weighted by atomic mass is 16.1. The van der Waals surface area contributed by atoms with Gasteiger partial charge in [-0.25, -0.2) is 0 Å². The minimum atomic E-state index is -0.0119. The normalized spacial score (nSPS) is 17.1. The molecule has 1 aliphatic carbocycles. The predicted molar refractivity (Wildman–Crippen MR) is 84.8 cm³/mol. The third kappa shape index (κ3) is 4.27. The van der Waals surface area contributed by atoms with Gasteiger partial charge in [-0.1, -0.05) is 26.7 Å². The zero-order chi connectivity index (χ0) is 15.3. The van der Waals surface area contributed by atoms with E-state index >= 15 is 0 Å². The predicted octanol–water partition coefficient (Wildman–Crippen LogP) is 2.88. The van der Waals surface area contributed by atoms with Crippen LogP contribution in [0.25, 0.3) is 0 Å². The largest absolute Gasteiger partial charge is 0.351 e. The summed E-state index contributed by atoms with van der Waals surface area (Å²) in [5.74, 6) is 0.659. The lowest BCUT2D eigenvalue weighted by molar-refractivity contribution is 0.0921. The molecule has 4 heteroatoms. The SMILES string of the molecule is CC(C)CC1(CNC(=O)c2ccnc(CN)c2)CCCC1. The van der Waals surface area contributed by atoms with Crippen LogP contribution in [0.4, 0.5) is 0 Å². The number of hydrogen-bond donors (Lipinski definition) is 2. The van der Waals surface area contributed by atoms with Crippen LogP contribution < -0.4 is 11.1 Å². The number of aromatic nitrogens is 1. The molecule has 0 radical (unpaired) electrons. The molecule has 0 aromatic carbocycles. The molecule has 1 heterocycles. The Labute approximate surface area is 127 Å². The smallest absolute Gasteiger partial charge is 0.251 e. The number of carbonyl (C=O) groups is 1. The molecule has 0 spiro atoms. The van der Waals surface area contributed by atoms with E-state index in [-0.39, 0.29) is 5.91 Å². The molecule has 1 fully saturated rings. The van der Waals surface area contributed by atoms with Gasteiger partial charge in [0.2, 0.25) is 0 Å². The molecule has 3 N–H and O–H groups in total. The van der Waals surface area contributed by atoms with E-state index in [1.165, 1.54) is 32.1 Å². The van der Waals surface area contributed by atoms with Crippen LogP contribution >= 0.6 is 0 Å². The summed E-state index contributed by atoms with van der Waals surface area (Å²) in [6, 6.07) is 3.53. The quantitative estimate of drug-likeness (QED) is 0.846. The molecule has 1 aromatic rings. The first-order chi connectivity index (χ1) is 10.0. The molecule has 0 unspecified atom stereocenters. The molecule has 1 aliphatic rings. The average Bonchev–Trinajstić information content (AvgIpc) is 2.93. The van der Waals surface area contributed by atoms with Crippen LogP contribution in [-0.4, -0.2) is 17.4 Å². The molecule has 0 aliphatic heterocycles. The highest BCUT2D eigenvalue weighted by molar-refractivity contribution is 5.94. The van der Waals surface area contributed by atoms with Crippen molar-refractivity contribution >= 4 is 5.91 Å². The Hall–Kier alpha value is -1.42. The van der Waals surface area contributed by atoms with Crippen molar-refractivity contribution in [2.75, 3.05) is 6.54 Å². The lowest BCUT2D eigenvalue weighted by Gasteiger charge is -2.31. The van der Waals surface area contributed by atoms with Crippen LogP contribution in [0.1, 0.15) is 62.0 Å². The molecule has 0 atom stereocenters. The van der Waals surface area contributed by atoms with E-state index in [1.54, 1.807) is 18.3 Å². The first-order valence-corrected chi connectivity index (χ1v) is 7.98. The number of rotatable bonds is 6. The van der Waals surface area contributed by atoms with E-state index < -0.39 is 0 Å². The summed E-state index contributed by atoms with van der Waals surface area (Å²) >= 11 is 0. The van der Waals surface area contributed by atoms with Crippen LogP contribution in [0, 0.1) is 11.3 Å². The Balaban J connectivity index is 1.98. The molecular formula is C17H27N3O. The number of amides is 1. The zero-order valence-electron chi connectivity index (χ0n) is 13.2. The van der Waals surface area contributed by atoms with Gasteiger partial charge in [0.05, 0.1) is 5.69 Å². The van der Waals surface area contributed by atoms with Gasteiger partial charge >= 0.3 is 0 Å². The maximum absolute atomic E-state index is 12.3. The van der Waals surface area contributed by atoms with E-state index in [4.69, 9.17) is 5.73 Å². The van der Waals surface area contributed by atoms with E-state index in [9.17, 15) is 4.79 Å². The fraction of sp³-hybridized carbons (Fsp3) is 0.647. The molecular weight excluding hydrogens is 262 g/mol. The Morgan fingerprint density at radius 3 is 2.76 bits per heavy atom. The van der Waals surface area contributed by atoms with Crippen molar-refractivity contribution in [1.82, 2.24) is 10.3 Å². The average molecular weight is 289 g/mol. The summed E-state index contributed by atoms with van der Waals surface area (Å²) in [6.45, 7) is 5.67. The standard InChI is InChI=1S/C17H27N3O/c1-13(2)10-17(6-3-4-7-17)12-20-16(21)14-5-8-19-15(9-14)11-18/h5,8-9,13H,3-4,6-7,10-12,18H2,1-2H3,(H,20,21). The van der Waals surface area contributed by atoms with Crippen molar-refractivity contribution in [3.05, 3.63) is 29.6 Å². The Morgan fingerprint density at radius 1 is 1.43 bits per heavy atom. The Kier molecular flexibility index (Phi) is 5.34. The van der Waals surface area contributed by atoms with Gasteiger partial charge in [-0.2, -0.15) is 0 Å². The molecule has 1 amide bonds. The van der Waals surface area contributed by atoms with Crippen LogP contribution in [0.3, 0.4) is 0 Å². The van der Waals surface area contributed by atoms with Crippen molar-refractivity contribution in [3.8, 4) is 0 Å². The molecule has 0 bridgehead atoms. The monoisotopic (exact) mass is 289 g/mol. The molecule has 116 valence electrons. The number of nitrogens with zero attached hydrogens (tertiary/aromatic N) is 1. The van der Waals surface area contributed by atoms with Gasteiger partial charge in [-0.3, -0.25) is 9.78 Å². The topological polar surface area (TPSA) is 68.0 Å². The highest BCUT2D eigenvalue weighted by Gasteiger charge is 2.34. The van der Waals surface area contributed by atoms with Crippen molar-refractivity contribution in [2.24, 2.45) is 17.1 Å². The van der Waals surface area contributed by atoms with Gasteiger partial charge in [0.1, 0.15) is 0 Å². The highest BCUT2D eigenvalue weighted by Crippen LogP contribution is 2.42. The second kappa shape index (κ2) is 7.03.